The Kier molecular flexibility index (Phi) is 8.77. The number of thiophene rings is 1. The van der Waals surface area contributed by atoms with Crippen molar-refractivity contribution in [3.8, 4) is 73.2 Å². The highest BCUT2D eigenvalue weighted by molar-refractivity contribution is 7.26. The lowest BCUT2D eigenvalue weighted by Gasteiger charge is -2.24. The van der Waals surface area contributed by atoms with Crippen molar-refractivity contribution < 1.29 is 0 Å². The summed E-state index contributed by atoms with van der Waals surface area (Å²) in [5, 5.41) is 7.34. The third kappa shape index (κ3) is 6.17. The van der Waals surface area contributed by atoms with E-state index in [0.29, 0.717) is 17.5 Å². The van der Waals surface area contributed by atoms with Crippen LogP contribution in [0, 0.1) is 0 Å². The van der Waals surface area contributed by atoms with Gasteiger partial charge in [-0.15, -0.1) is 11.3 Å². The molecule has 0 atom stereocenters. The molecule has 0 saturated heterocycles. The number of hydrogen-bond acceptors (Lipinski definition) is 4. The number of hydrogen-bond donors (Lipinski definition) is 0. The summed E-state index contributed by atoms with van der Waals surface area (Å²) in [6.45, 7) is 4.66. The van der Waals surface area contributed by atoms with Crippen molar-refractivity contribution in [3.05, 3.63) is 230 Å². The first-order valence-electron chi connectivity index (χ1n) is 23.6. The monoisotopic (exact) mass is 898 g/mol. The van der Waals surface area contributed by atoms with Crippen LogP contribution in [-0.2, 0) is 5.41 Å². The summed E-state index contributed by atoms with van der Waals surface area (Å²) in [5.41, 5.74) is 15.7. The van der Waals surface area contributed by atoms with E-state index in [9.17, 15) is 0 Å². The Labute approximate surface area is 403 Å². The van der Waals surface area contributed by atoms with Gasteiger partial charge < -0.3 is 4.57 Å². The van der Waals surface area contributed by atoms with E-state index >= 15 is 0 Å². The second-order valence-corrected chi connectivity index (χ2v) is 19.8. The highest BCUT2D eigenvalue weighted by Gasteiger charge is 2.38. The van der Waals surface area contributed by atoms with Crippen molar-refractivity contribution in [3.63, 3.8) is 0 Å². The third-order valence-corrected chi connectivity index (χ3v) is 15.7. The van der Waals surface area contributed by atoms with Crippen molar-refractivity contribution in [1.82, 2.24) is 19.5 Å². The van der Waals surface area contributed by atoms with Crippen LogP contribution >= 0.6 is 11.3 Å². The molecule has 0 amide bonds. The molecule has 0 fully saturated rings. The lowest BCUT2D eigenvalue weighted by Crippen LogP contribution is -2.17. The first-order chi connectivity index (χ1) is 34.0. The van der Waals surface area contributed by atoms with Crippen LogP contribution in [-0.4, -0.2) is 19.5 Å². The van der Waals surface area contributed by atoms with E-state index in [1.54, 1.807) is 0 Å². The topological polar surface area (TPSA) is 43.6 Å². The van der Waals surface area contributed by atoms with Crippen LogP contribution in [0.5, 0.6) is 0 Å². The van der Waals surface area contributed by atoms with Crippen LogP contribution in [0.3, 0.4) is 0 Å². The normalized spacial score (nSPS) is 12.9. The number of para-hydroxylation sites is 1. The van der Waals surface area contributed by atoms with Gasteiger partial charge in [-0.1, -0.05) is 184 Å². The molecule has 3 heterocycles. The molecule has 13 aromatic rings. The average Bonchev–Trinajstić information content (AvgIpc) is 4.03. The zero-order valence-corrected chi connectivity index (χ0v) is 38.8. The lowest BCUT2D eigenvalue weighted by atomic mass is 9.80. The minimum Gasteiger partial charge on any atom is -0.308 e. The van der Waals surface area contributed by atoms with Crippen LogP contribution in [0.4, 0.5) is 0 Å². The maximum absolute atomic E-state index is 5.55. The second-order valence-electron chi connectivity index (χ2n) is 18.7. The van der Waals surface area contributed by atoms with Gasteiger partial charge in [-0.2, -0.15) is 0 Å². The van der Waals surface area contributed by atoms with Gasteiger partial charge in [0.2, 0.25) is 0 Å². The van der Waals surface area contributed by atoms with Gasteiger partial charge in [-0.3, -0.25) is 0 Å². The number of aromatic nitrogens is 4. The van der Waals surface area contributed by atoms with Crippen molar-refractivity contribution >= 4 is 64.1 Å². The largest absolute Gasteiger partial charge is 0.308 e. The van der Waals surface area contributed by atoms with Crippen molar-refractivity contribution in [2.24, 2.45) is 0 Å². The molecule has 0 spiro atoms. The Balaban J connectivity index is 1.03. The van der Waals surface area contributed by atoms with Gasteiger partial charge in [-0.05, 0) is 104 Å². The van der Waals surface area contributed by atoms with Gasteiger partial charge in [0, 0.05) is 48.4 Å². The summed E-state index contributed by atoms with van der Waals surface area (Å²) in [6.07, 6.45) is 0. The zero-order chi connectivity index (χ0) is 45.8. The minimum absolute atomic E-state index is 0.274. The highest BCUT2D eigenvalue weighted by Crippen LogP contribution is 2.52. The Bertz CT molecular complexity index is 4160. The zero-order valence-electron chi connectivity index (χ0n) is 38.0. The molecule has 1 aliphatic carbocycles. The molecule has 1 aliphatic rings. The summed E-state index contributed by atoms with van der Waals surface area (Å²) < 4.78 is 4.82. The molecule has 0 radical (unpaired) electrons. The van der Waals surface area contributed by atoms with Crippen molar-refractivity contribution in [1.29, 1.82) is 0 Å². The van der Waals surface area contributed by atoms with E-state index in [-0.39, 0.29) is 5.41 Å². The number of nitrogens with zero attached hydrogens (tertiary/aromatic N) is 4. The maximum atomic E-state index is 5.55. The molecule has 10 aromatic carbocycles. The lowest BCUT2D eigenvalue weighted by molar-refractivity contribution is 0.661. The molecule has 0 saturated carbocycles. The van der Waals surface area contributed by atoms with Crippen LogP contribution < -0.4 is 0 Å². The average molecular weight is 899 g/mol. The van der Waals surface area contributed by atoms with Crippen LogP contribution in [0.15, 0.2) is 218 Å². The smallest absolute Gasteiger partial charge is 0.165 e. The predicted octanol–water partition coefficient (Wildman–Crippen LogP) is 17.1. The fourth-order valence-corrected chi connectivity index (χ4v) is 12.5. The van der Waals surface area contributed by atoms with Gasteiger partial charge >= 0.3 is 0 Å². The summed E-state index contributed by atoms with van der Waals surface area (Å²) in [4.78, 5) is 16.6. The molecule has 0 aliphatic heterocycles. The molecule has 0 bridgehead atoms. The molecular formula is C64H42N4S. The number of rotatable bonds is 6. The van der Waals surface area contributed by atoms with E-state index < -0.39 is 0 Å². The fraction of sp³-hybridized carbons (Fsp3) is 0.0469. The van der Waals surface area contributed by atoms with Crippen molar-refractivity contribution in [2.45, 2.75) is 19.3 Å². The molecule has 69 heavy (non-hydrogen) atoms. The third-order valence-electron chi connectivity index (χ3n) is 14.4. The molecule has 5 heteroatoms. The van der Waals surface area contributed by atoms with Crippen LogP contribution in [0.25, 0.3) is 126 Å². The van der Waals surface area contributed by atoms with Gasteiger partial charge in [0.15, 0.2) is 17.5 Å². The van der Waals surface area contributed by atoms with E-state index in [0.717, 1.165) is 49.3 Å². The number of fused-ring (bicyclic) bond motifs is 10. The summed E-state index contributed by atoms with van der Waals surface area (Å²) in [7, 11) is 0. The molecule has 0 unspecified atom stereocenters. The Morgan fingerprint density at radius 2 is 0.899 bits per heavy atom. The maximum Gasteiger partial charge on any atom is 0.165 e. The molecule has 3 aromatic heterocycles. The Morgan fingerprint density at radius 3 is 1.67 bits per heavy atom. The highest BCUT2D eigenvalue weighted by atomic mass is 32.1. The van der Waals surface area contributed by atoms with E-state index in [1.165, 1.54) is 70.3 Å². The van der Waals surface area contributed by atoms with Crippen molar-refractivity contribution in [2.75, 3.05) is 0 Å². The van der Waals surface area contributed by atoms with Gasteiger partial charge in [0.05, 0.1) is 21.4 Å². The fourth-order valence-electron chi connectivity index (χ4n) is 11.2. The Hall–Kier alpha value is -8.51. The predicted molar refractivity (Wildman–Crippen MR) is 289 cm³/mol. The number of benzene rings is 10. The van der Waals surface area contributed by atoms with Crippen LogP contribution in [0.1, 0.15) is 25.0 Å². The van der Waals surface area contributed by atoms with Gasteiger partial charge in [0.25, 0.3) is 0 Å². The molecular weight excluding hydrogens is 857 g/mol. The van der Waals surface area contributed by atoms with E-state index in [4.69, 9.17) is 15.0 Å². The SMILES string of the molecule is CC1(C)c2ccccc2-c2cccc(-c3nc(-c4cc(-c5ccccc5)cc(-c5ccccc5)c4)nc(-c4cccc5c4sc4c(-n6c7ccccc7c7cc8ccccc8cc76)cccc45)n3)c21. The van der Waals surface area contributed by atoms with Gasteiger partial charge in [0.1, 0.15) is 0 Å². The van der Waals surface area contributed by atoms with Gasteiger partial charge in [-0.25, -0.2) is 15.0 Å². The summed E-state index contributed by atoms with van der Waals surface area (Å²) in [6, 6.07) is 78.9. The molecule has 4 nitrogen and oxygen atoms in total. The molecule has 14 rings (SSSR count). The van der Waals surface area contributed by atoms with Crippen LogP contribution in [0.2, 0.25) is 0 Å². The summed E-state index contributed by atoms with van der Waals surface area (Å²) in [5.74, 6) is 1.94. The second kappa shape index (κ2) is 15.3. The standard InChI is InChI=1S/C64H42N4S/c1-64(2)54-31-13-11-24-46(54)48-26-15-29-51(58(48)64)62-65-61(45-35-43(39-18-5-3-6-19-39)34-44(36-45)40-20-7-4-8-21-40)66-63(67-62)52-30-16-27-49-50-28-17-33-56(60(50)69-59(49)52)68-55-32-14-12-25-47(55)53-37-41-22-9-10-23-42(41)38-57(53)68/h3-38H,1-2H3. The quantitative estimate of drug-likeness (QED) is 0.167. The summed E-state index contributed by atoms with van der Waals surface area (Å²) >= 11 is 1.82. The van der Waals surface area contributed by atoms with E-state index in [1.807, 2.05) is 11.3 Å². The first kappa shape index (κ1) is 39.6. The van der Waals surface area contributed by atoms with E-state index in [2.05, 4.69) is 237 Å². The molecule has 324 valence electrons. The minimum atomic E-state index is -0.274. The Morgan fingerprint density at radius 1 is 0.362 bits per heavy atom. The first-order valence-corrected chi connectivity index (χ1v) is 24.4. The molecule has 0 N–H and O–H groups in total.